The van der Waals surface area contributed by atoms with Crippen LogP contribution in [0.3, 0.4) is 0 Å². The van der Waals surface area contributed by atoms with Gasteiger partial charge in [-0.3, -0.25) is 4.55 Å². The molecule has 1 aliphatic rings. The van der Waals surface area contributed by atoms with Gasteiger partial charge in [-0.25, -0.2) is 0 Å². The molecular formula is C22H29NO3S2. The van der Waals surface area contributed by atoms with Gasteiger partial charge in [-0.05, 0) is 49.9 Å². The smallest absolute Gasteiger partial charge is 0.267 e. The van der Waals surface area contributed by atoms with Crippen molar-refractivity contribution in [2.24, 2.45) is 0 Å². The Morgan fingerprint density at radius 1 is 1.04 bits per heavy atom. The van der Waals surface area contributed by atoms with E-state index in [9.17, 15) is 13.0 Å². The van der Waals surface area contributed by atoms with Crippen LogP contribution in [0.2, 0.25) is 0 Å². The third kappa shape index (κ3) is 4.91. The lowest BCUT2D eigenvalue weighted by molar-refractivity contribution is 0.466. The predicted octanol–water partition coefficient (Wildman–Crippen LogP) is 6.08. The molecule has 0 spiro atoms. The van der Waals surface area contributed by atoms with Gasteiger partial charge in [-0.15, -0.1) is 0 Å². The highest BCUT2D eigenvalue weighted by Crippen LogP contribution is 2.49. The van der Waals surface area contributed by atoms with Gasteiger partial charge in [-0.2, -0.15) is 8.42 Å². The summed E-state index contributed by atoms with van der Waals surface area (Å²) in [5.41, 5.74) is 3.63. The van der Waals surface area contributed by atoms with Crippen molar-refractivity contribution < 1.29 is 13.0 Å². The number of hydrogen-bond acceptors (Lipinski definition) is 4. The molecule has 0 aromatic heterocycles. The number of aryl methyl sites for hydroxylation is 1. The Balaban J connectivity index is 1.92. The van der Waals surface area contributed by atoms with Crippen molar-refractivity contribution in [1.82, 2.24) is 0 Å². The van der Waals surface area contributed by atoms with Crippen molar-refractivity contribution in [3.05, 3.63) is 48.0 Å². The van der Waals surface area contributed by atoms with Crippen LogP contribution in [0.4, 0.5) is 11.4 Å². The fraction of sp³-hybridized carbons (Fsp3) is 0.455. The van der Waals surface area contributed by atoms with Crippen molar-refractivity contribution in [3.63, 3.8) is 0 Å². The second-order valence-corrected chi connectivity index (χ2v) is 10.3. The molecule has 1 heterocycles. The first-order valence-electron chi connectivity index (χ1n) is 10.0. The second-order valence-electron chi connectivity index (χ2n) is 7.41. The molecular weight excluding hydrogens is 390 g/mol. The molecule has 1 unspecified atom stereocenters. The normalized spacial score (nSPS) is 14.5. The molecule has 3 rings (SSSR count). The molecule has 1 atom stereocenters. The van der Waals surface area contributed by atoms with Crippen LogP contribution in [0.1, 0.15) is 51.5 Å². The highest BCUT2D eigenvalue weighted by atomic mass is 32.2. The minimum atomic E-state index is -4.02. The molecule has 2 aromatic rings. The maximum atomic E-state index is 11.5. The van der Waals surface area contributed by atoms with E-state index in [-0.39, 0.29) is 0 Å². The van der Waals surface area contributed by atoms with Crippen LogP contribution < -0.4 is 4.90 Å². The third-order valence-electron chi connectivity index (χ3n) is 5.30. The van der Waals surface area contributed by atoms with Gasteiger partial charge in [0.05, 0.1) is 16.6 Å². The Labute approximate surface area is 173 Å². The van der Waals surface area contributed by atoms with Gasteiger partial charge >= 0.3 is 0 Å². The summed E-state index contributed by atoms with van der Waals surface area (Å²) in [4.78, 5) is 4.64. The van der Waals surface area contributed by atoms with Gasteiger partial charge in [-0.1, -0.05) is 62.2 Å². The number of unbranched alkanes of at least 4 members (excludes halogenated alkanes) is 3. The van der Waals surface area contributed by atoms with E-state index >= 15 is 0 Å². The Morgan fingerprint density at radius 2 is 1.79 bits per heavy atom. The zero-order valence-electron chi connectivity index (χ0n) is 16.6. The average molecular weight is 420 g/mol. The SMILES string of the molecule is CCCCCCc1cccc2c1N(CCC(C)S(=O)(=O)O)c1ccccc1S2. The maximum Gasteiger partial charge on any atom is 0.267 e. The van der Waals surface area contributed by atoms with Crippen molar-refractivity contribution >= 4 is 33.3 Å². The number of anilines is 2. The molecule has 0 radical (unpaired) electrons. The number of nitrogens with zero attached hydrogens (tertiary/aromatic N) is 1. The lowest BCUT2D eigenvalue weighted by Crippen LogP contribution is -2.28. The Hall–Kier alpha value is -1.50. The van der Waals surface area contributed by atoms with Crippen LogP contribution in [0.5, 0.6) is 0 Å². The number of para-hydroxylation sites is 2. The summed E-state index contributed by atoms with van der Waals surface area (Å²) < 4.78 is 32.4. The lowest BCUT2D eigenvalue weighted by atomic mass is 10.0. The van der Waals surface area contributed by atoms with Gasteiger partial charge in [0, 0.05) is 16.3 Å². The van der Waals surface area contributed by atoms with Gasteiger partial charge in [0.1, 0.15) is 0 Å². The summed E-state index contributed by atoms with van der Waals surface area (Å²) >= 11 is 1.77. The van der Waals surface area contributed by atoms with E-state index in [1.807, 2.05) is 12.1 Å². The number of fused-ring (bicyclic) bond motifs is 2. The molecule has 0 amide bonds. The number of hydrogen-bond donors (Lipinski definition) is 1. The predicted molar refractivity (Wildman–Crippen MR) is 117 cm³/mol. The minimum absolute atomic E-state index is 0.376. The Bertz CT molecular complexity index is 912. The zero-order chi connectivity index (χ0) is 20.1. The van der Waals surface area contributed by atoms with Crippen LogP contribution in [-0.2, 0) is 16.5 Å². The van der Waals surface area contributed by atoms with Crippen molar-refractivity contribution in [2.75, 3.05) is 11.4 Å². The summed E-state index contributed by atoms with van der Waals surface area (Å²) in [5, 5.41) is -0.783. The molecule has 1 N–H and O–H groups in total. The van der Waals surface area contributed by atoms with Crippen LogP contribution in [0.25, 0.3) is 0 Å². The summed E-state index contributed by atoms with van der Waals surface area (Å²) in [7, 11) is -4.02. The maximum absolute atomic E-state index is 11.5. The first-order valence-corrected chi connectivity index (χ1v) is 12.4. The van der Waals surface area contributed by atoms with E-state index in [4.69, 9.17) is 0 Å². The molecule has 1 aliphatic heterocycles. The highest BCUT2D eigenvalue weighted by molar-refractivity contribution is 7.99. The van der Waals surface area contributed by atoms with Crippen LogP contribution in [0.15, 0.2) is 52.3 Å². The van der Waals surface area contributed by atoms with Gasteiger partial charge in [0.2, 0.25) is 0 Å². The monoisotopic (exact) mass is 419 g/mol. The van der Waals surface area contributed by atoms with Gasteiger partial charge in [0.15, 0.2) is 0 Å². The Kier molecular flexibility index (Phi) is 7.07. The van der Waals surface area contributed by atoms with E-state index in [0.717, 1.165) is 18.5 Å². The molecule has 2 aromatic carbocycles. The molecule has 0 fully saturated rings. The van der Waals surface area contributed by atoms with Crippen molar-refractivity contribution in [3.8, 4) is 0 Å². The van der Waals surface area contributed by atoms with E-state index in [2.05, 4.69) is 42.2 Å². The van der Waals surface area contributed by atoms with Crippen LogP contribution in [0, 0.1) is 0 Å². The van der Waals surface area contributed by atoms with Crippen molar-refractivity contribution in [2.45, 2.75) is 67.4 Å². The fourth-order valence-electron chi connectivity index (χ4n) is 3.60. The van der Waals surface area contributed by atoms with Gasteiger partial charge < -0.3 is 4.90 Å². The van der Waals surface area contributed by atoms with Crippen LogP contribution in [-0.4, -0.2) is 24.8 Å². The molecule has 0 aliphatic carbocycles. The molecule has 152 valence electrons. The first-order chi connectivity index (χ1) is 13.4. The summed E-state index contributed by atoms with van der Waals surface area (Å²) in [6.45, 7) is 4.34. The quantitative estimate of drug-likeness (QED) is 0.394. The second kappa shape index (κ2) is 9.33. The fourth-order valence-corrected chi connectivity index (χ4v) is 5.15. The molecule has 6 heteroatoms. The zero-order valence-corrected chi connectivity index (χ0v) is 18.2. The number of benzene rings is 2. The summed E-state index contributed by atoms with van der Waals surface area (Å²) in [6.07, 6.45) is 6.26. The summed E-state index contributed by atoms with van der Waals surface area (Å²) in [5.74, 6) is 0. The van der Waals surface area contributed by atoms with Gasteiger partial charge in [0.25, 0.3) is 10.1 Å². The van der Waals surface area contributed by atoms with E-state index in [1.165, 1.54) is 40.3 Å². The highest BCUT2D eigenvalue weighted by Gasteiger charge is 2.27. The molecule has 0 bridgehead atoms. The standard InChI is InChI=1S/C22H29NO3S2/c1-3-4-5-6-10-18-11-9-14-21-22(18)23(16-15-17(2)28(24,25)26)19-12-7-8-13-20(19)27-21/h7-9,11-14,17H,3-6,10,15-16H2,1-2H3,(H,24,25,26). The third-order valence-corrected chi connectivity index (χ3v) is 7.66. The lowest BCUT2D eigenvalue weighted by Gasteiger charge is -2.35. The molecule has 0 saturated heterocycles. The van der Waals surface area contributed by atoms with Crippen molar-refractivity contribution in [1.29, 1.82) is 0 Å². The van der Waals surface area contributed by atoms with E-state index < -0.39 is 15.4 Å². The van der Waals surface area contributed by atoms with Crippen LogP contribution >= 0.6 is 11.8 Å². The molecule has 28 heavy (non-hydrogen) atoms. The van der Waals surface area contributed by atoms with E-state index in [0.29, 0.717) is 13.0 Å². The average Bonchev–Trinajstić information content (AvgIpc) is 2.67. The molecule has 0 saturated carbocycles. The summed E-state index contributed by atoms with van der Waals surface area (Å²) in [6, 6.07) is 14.7. The minimum Gasteiger partial charge on any atom is -0.339 e. The number of rotatable bonds is 9. The first kappa shape index (κ1) is 21.2. The van der Waals surface area contributed by atoms with E-state index in [1.54, 1.807) is 18.7 Å². The Morgan fingerprint density at radius 3 is 2.54 bits per heavy atom. The topological polar surface area (TPSA) is 57.6 Å². The largest absolute Gasteiger partial charge is 0.339 e. The molecule has 4 nitrogen and oxygen atoms in total.